The molecule has 8 nitrogen and oxygen atoms in total. The Bertz CT molecular complexity index is 1570. The normalized spacial score (nSPS) is 20.2. The highest BCUT2D eigenvalue weighted by Crippen LogP contribution is 2.43. The zero-order chi connectivity index (χ0) is 31.6. The van der Waals surface area contributed by atoms with Crippen LogP contribution in [0.3, 0.4) is 0 Å². The number of aromatic nitrogens is 2. The molecule has 1 N–H and O–H groups in total. The second-order valence-electron chi connectivity index (χ2n) is 12.0. The summed E-state index contributed by atoms with van der Waals surface area (Å²) < 4.78 is 49.9. The third-order valence-electron chi connectivity index (χ3n) is 8.23. The highest BCUT2D eigenvalue weighted by molar-refractivity contribution is 5.93. The van der Waals surface area contributed by atoms with Crippen molar-refractivity contribution < 1.29 is 32.1 Å². The van der Waals surface area contributed by atoms with Crippen LogP contribution in [0.1, 0.15) is 89.5 Å². The number of halogens is 3. The minimum absolute atomic E-state index is 0.0154. The van der Waals surface area contributed by atoms with E-state index in [0.717, 1.165) is 36.5 Å². The summed E-state index contributed by atoms with van der Waals surface area (Å²) in [5, 5.41) is 17.4. The summed E-state index contributed by atoms with van der Waals surface area (Å²) >= 11 is 0. The Morgan fingerprint density at radius 3 is 1.77 bits per heavy atom. The molecule has 6 rings (SSSR count). The fourth-order valence-electron chi connectivity index (χ4n) is 6.06. The van der Waals surface area contributed by atoms with E-state index in [2.05, 4.69) is 51.3 Å². The zero-order valence-electron chi connectivity index (χ0n) is 25.3. The summed E-state index contributed by atoms with van der Waals surface area (Å²) in [5.41, 5.74) is 0.858. The Balaban J connectivity index is 0.000000177. The summed E-state index contributed by atoms with van der Waals surface area (Å²) in [6.07, 6.45) is -4.81. The van der Waals surface area contributed by atoms with Crippen molar-refractivity contribution >= 4 is 5.78 Å². The minimum Gasteiger partial charge on any atom is -0.375 e. The van der Waals surface area contributed by atoms with E-state index >= 15 is 0 Å². The first-order valence-corrected chi connectivity index (χ1v) is 14.6. The molecule has 0 saturated carbocycles. The molecule has 0 saturated heterocycles. The third kappa shape index (κ3) is 6.64. The number of nitrogens with zero attached hydrogens (tertiary/aromatic N) is 4. The van der Waals surface area contributed by atoms with Gasteiger partial charge in [0.1, 0.15) is 5.69 Å². The first-order valence-electron chi connectivity index (χ1n) is 14.6. The van der Waals surface area contributed by atoms with Crippen molar-refractivity contribution in [3.8, 4) is 0 Å². The van der Waals surface area contributed by atoms with Crippen molar-refractivity contribution in [1.29, 1.82) is 0 Å². The van der Waals surface area contributed by atoms with E-state index in [4.69, 9.17) is 9.05 Å². The molecule has 4 heterocycles. The van der Waals surface area contributed by atoms with Gasteiger partial charge in [-0.15, -0.1) is 0 Å². The Morgan fingerprint density at radius 1 is 0.841 bits per heavy atom. The van der Waals surface area contributed by atoms with E-state index in [-0.39, 0.29) is 17.6 Å². The highest BCUT2D eigenvalue weighted by Gasteiger charge is 2.55. The van der Waals surface area contributed by atoms with Gasteiger partial charge >= 0.3 is 6.18 Å². The van der Waals surface area contributed by atoms with Gasteiger partial charge in [-0.1, -0.05) is 84.8 Å². The molecule has 3 atom stereocenters. The fourth-order valence-corrected chi connectivity index (χ4v) is 6.06. The summed E-state index contributed by atoms with van der Waals surface area (Å²) in [6.45, 7) is 10.4. The molecule has 0 radical (unpaired) electrons. The Labute approximate surface area is 254 Å². The van der Waals surface area contributed by atoms with Crippen LogP contribution in [0.2, 0.25) is 0 Å². The van der Waals surface area contributed by atoms with Crippen molar-refractivity contribution in [2.45, 2.75) is 77.5 Å². The molecule has 2 aliphatic heterocycles. The average Bonchev–Trinajstić information content (AvgIpc) is 3.60. The maximum Gasteiger partial charge on any atom is 0.422 e. The van der Waals surface area contributed by atoms with Crippen LogP contribution in [0.25, 0.3) is 0 Å². The van der Waals surface area contributed by atoms with Gasteiger partial charge in [0.25, 0.3) is 0 Å². The van der Waals surface area contributed by atoms with E-state index in [1.807, 2.05) is 43.3 Å². The van der Waals surface area contributed by atoms with Crippen LogP contribution in [0.15, 0.2) is 69.7 Å². The number of ketones is 1. The summed E-state index contributed by atoms with van der Waals surface area (Å²) in [7, 11) is 0. The lowest BCUT2D eigenvalue weighted by Crippen LogP contribution is -2.41. The molecule has 0 bridgehead atoms. The van der Waals surface area contributed by atoms with Crippen LogP contribution in [-0.4, -0.2) is 50.3 Å². The van der Waals surface area contributed by atoms with Crippen LogP contribution >= 0.6 is 0 Å². The number of benzene rings is 2. The molecule has 44 heavy (non-hydrogen) atoms. The van der Waals surface area contributed by atoms with Gasteiger partial charge in [-0.2, -0.15) is 13.2 Å². The van der Waals surface area contributed by atoms with Crippen molar-refractivity contribution in [2.75, 3.05) is 13.1 Å². The van der Waals surface area contributed by atoms with Crippen molar-refractivity contribution in [2.24, 2.45) is 0 Å². The fraction of sp³-hybridized carbons (Fsp3) is 0.424. The molecular weight excluding hydrogens is 573 g/mol. The van der Waals surface area contributed by atoms with Gasteiger partial charge in [0.15, 0.2) is 23.0 Å². The second kappa shape index (κ2) is 12.7. The maximum absolute atomic E-state index is 13.1. The minimum atomic E-state index is -4.81. The van der Waals surface area contributed by atoms with Crippen molar-refractivity contribution in [1.82, 2.24) is 20.1 Å². The number of hydrogen-bond acceptors (Lipinski definition) is 8. The predicted octanol–water partition coefficient (Wildman–Crippen LogP) is 6.56. The van der Waals surface area contributed by atoms with Crippen LogP contribution < -0.4 is 0 Å². The molecule has 0 spiro atoms. The second-order valence-corrected chi connectivity index (χ2v) is 12.0. The van der Waals surface area contributed by atoms with E-state index in [0.29, 0.717) is 43.6 Å². The molecule has 0 unspecified atom stereocenters. The SMILES string of the molecule is CC(=O)c1noc2c1[C@@H](C)CN(Cc1ccccc1)C2.C[C@H]1CN(Cc2ccccc2)Cc2onc([C@@](C)(O)C(F)(F)F)c21. The Hall–Kier alpha value is -3.80. The van der Waals surface area contributed by atoms with Gasteiger partial charge in [0, 0.05) is 44.2 Å². The molecule has 0 fully saturated rings. The molecule has 0 aliphatic carbocycles. The van der Waals surface area contributed by atoms with Gasteiger partial charge in [-0.25, -0.2) is 0 Å². The number of fused-ring (bicyclic) bond motifs is 2. The van der Waals surface area contributed by atoms with Gasteiger partial charge in [-0.3, -0.25) is 14.6 Å². The number of alkyl halides is 3. The number of hydrogen-bond donors (Lipinski definition) is 1. The lowest BCUT2D eigenvalue weighted by Gasteiger charge is -2.32. The van der Waals surface area contributed by atoms with E-state index in [9.17, 15) is 23.1 Å². The van der Waals surface area contributed by atoms with E-state index in [1.165, 1.54) is 5.56 Å². The third-order valence-corrected chi connectivity index (χ3v) is 8.23. The molecule has 2 aromatic carbocycles. The summed E-state index contributed by atoms with van der Waals surface area (Å²) in [5.74, 6) is 1.27. The Morgan fingerprint density at radius 2 is 1.30 bits per heavy atom. The van der Waals surface area contributed by atoms with Crippen LogP contribution in [0, 0.1) is 0 Å². The lowest BCUT2D eigenvalue weighted by atomic mass is 9.87. The molecule has 4 aromatic rings. The molecular formula is C33H37F3N4O4. The highest BCUT2D eigenvalue weighted by atomic mass is 19.4. The Kier molecular flexibility index (Phi) is 9.10. The monoisotopic (exact) mass is 610 g/mol. The van der Waals surface area contributed by atoms with Crippen LogP contribution in [0.5, 0.6) is 0 Å². The molecule has 2 aromatic heterocycles. The van der Waals surface area contributed by atoms with Gasteiger partial charge in [0.05, 0.1) is 13.1 Å². The van der Waals surface area contributed by atoms with E-state index in [1.54, 1.807) is 6.92 Å². The van der Waals surface area contributed by atoms with Crippen molar-refractivity contribution in [3.63, 3.8) is 0 Å². The summed E-state index contributed by atoms with van der Waals surface area (Å²) in [6, 6.07) is 20.2. The van der Waals surface area contributed by atoms with Crippen molar-refractivity contribution in [3.05, 3.63) is 106 Å². The number of carbonyl (C=O) groups excluding carboxylic acids is 1. The molecule has 234 valence electrons. The summed E-state index contributed by atoms with van der Waals surface area (Å²) in [4.78, 5) is 16.0. The number of Topliss-reactive ketones (excluding diaryl/α,β-unsaturated/α-hetero) is 1. The number of aliphatic hydroxyl groups is 1. The van der Waals surface area contributed by atoms with E-state index < -0.39 is 17.5 Å². The number of rotatable bonds is 6. The van der Waals surface area contributed by atoms with Crippen LogP contribution in [0.4, 0.5) is 13.2 Å². The predicted molar refractivity (Wildman–Crippen MR) is 157 cm³/mol. The molecule has 2 aliphatic rings. The first-order chi connectivity index (χ1) is 20.8. The zero-order valence-corrected chi connectivity index (χ0v) is 25.3. The smallest absolute Gasteiger partial charge is 0.375 e. The quantitative estimate of drug-likeness (QED) is 0.245. The topological polar surface area (TPSA) is 95.8 Å². The van der Waals surface area contributed by atoms with Gasteiger partial charge in [0.2, 0.25) is 5.60 Å². The maximum atomic E-state index is 13.1. The average molecular weight is 611 g/mol. The largest absolute Gasteiger partial charge is 0.422 e. The van der Waals surface area contributed by atoms with Gasteiger partial charge in [-0.05, 0) is 29.9 Å². The number of carbonyl (C=O) groups is 1. The lowest BCUT2D eigenvalue weighted by molar-refractivity contribution is -0.261. The molecule has 11 heteroatoms. The van der Waals surface area contributed by atoms with Gasteiger partial charge < -0.3 is 14.2 Å². The molecule has 0 amide bonds. The standard InChI is InChI=1S/C17H19F3N2O2.C16H18N2O2/c1-11-8-22(9-12-6-4-3-5-7-12)10-13-14(11)15(21-24-13)16(2,23)17(18,19)20;1-11-8-18(9-13-6-4-3-5-7-13)10-14-15(11)16(12(2)19)17-20-14/h3-7,11,23H,8-10H2,1-2H3;3-7,11H,8-10H2,1-2H3/t11-,16+;11-/m00/s1. The first kappa shape index (κ1) is 31.6. The van der Waals surface area contributed by atoms with Crippen LogP contribution in [-0.2, 0) is 31.8 Å².